The summed E-state index contributed by atoms with van der Waals surface area (Å²) in [5.41, 5.74) is 3.25. The second-order valence-corrected chi connectivity index (χ2v) is 9.37. The number of hydrogen-bond acceptors (Lipinski definition) is 5. The maximum Gasteiger partial charge on any atom is 0.317 e. The minimum atomic E-state index is -1.45. The molecule has 0 fully saturated rings. The van der Waals surface area contributed by atoms with Crippen molar-refractivity contribution in [2.24, 2.45) is 5.92 Å². The number of benzene rings is 3. The number of nitrogens with zero attached hydrogens (tertiary/aromatic N) is 1. The smallest absolute Gasteiger partial charge is 0.317 e. The molecule has 0 aliphatic heterocycles. The van der Waals surface area contributed by atoms with Crippen molar-refractivity contribution in [3.8, 4) is 17.2 Å². The Labute approximate surface area is 197 Å². The number of carbonyl (C=O) groups is 2. The molecule has 7 heteroatoms. The maximum atomic E-state index is 11.1. The molecule has 4 aromatic rings. The Morgan fingerprint density at radius 2 is 1.68 bits per heavy atom. The molecule has 7 nitrogen and oxygen atoms in total. The van der Waals surface area contributed by atoms with Crippen molar-refractivity contribution < 1.29 is 29.0 Å². The Kier molecular flexibility index (Phi) is 6.28. The van der Waals surface area contributed by atoms with Crippen molar-refractivity contribution in [2.45, 2.75) is 39.0 Å². The van der Waals surface area contributed by atoms with Crippen molar-refractivity contribution >= 4 is 33.8 Å². The van der Waals surface area contributed by atoms with Crippen LogP contribution in [0.1, 0.15) is 39.2 Å². The Morgan fingerprint density at radius 3 is 2.32 bits per heavy atom. The molecule has 0 bridgehead atoms. The third-order valence-electron chi connectivity index (χ3n) is 5.82. The van der Waals surface area contributed by atoms with Gasteiger partial charge < -0.3 is 19.4 Å². The molecule has 176 valence electrons. The Hall–Kier alpha value is -3.87. The van der Waals surface area contributed by atoms with Gasteiger partial charge in [-0.05, 0) is 58.9 Å². The number of fused-ring (bicyclic) bond motifs is 2. The number of aromatic nitrogens is 1. The van der Waals surface area contributed by atoms with E-state index in [-0.39, 0.29) is 24.9 Å². The standard InChI is InChI=1S/C27H27NO6/c1-27(2,3)18-10-11-22-21(15-18)28-24(34-22)20-13-16-7-4-5-8-17(16)14-23(20)33-12-6-9-19(25(29)30)26(31)32/h4-5,7-8,10-11,13-15,19H,6,9,12H2,1-3H3,(H,29,30)(H,31,32). The summed E-state index contributed by atoms with van der Waals surface area (Å²) in [6.45, 7) is 6.59. The topological polar surface area (TPSA) is 110 Å². The third-order valence-corrected chi connectivity index (χ3v) is 5.82. The summed E-state index contributed by atoms with van der Waals surface area (Å²) in [6, 6.07) is 17.7. The number of carboxylic acids is 2. The number of carboxylic acid groups (broad SMARTS) is 2. The zero-order chi connectivity index (χ0) is 24.5. The first-order valence-electron chi connectivity index (χ1n) is 11.2. The molecule has 0 aliphatic carbocycles. The first-order valence-corrected chi connectivity index (χ1v) is 11.2. The van der Waals surface area contributed by atoms with E-state index in [0.29, 0.717) is 22.8 Å². The van der Waals surface area contributed by atoms with E-state index in [1.54, 1.807) is 0 Å². The van der Waals surface area contributed by atoms with E-state index in [0.717, 1.165) is 21.9 Å². The molecule has 0 radical (unpaired) electrons. The summed E-state index contributed by atoms with van der Waals surface area (Å²) < 4.78 is 12.1. The summed E-state index contributed by atoms with van der Waals surface area (Å²) >= 11 is 0. The Bertz CT molecular complexity index is 1350. The first kappa shape index (κ1) is 23.3. The molecular formula is C27H27NO6. The zero-order valence-corrected chi connectivity index (χ0v) is 19.4. The van der Waals surface area contributed by atoms with Gasteiger partial charge in [0.25, 0.3) is 0 Å². The Morgan fingerprint density at radius 1 is 1.00 bits per heavy atom. The molecule has 1 aromatic heterocycles. The second-order valence-electron chi connectivity index (χ2n) is 9.37. The van der Waals surface area contributed by atoms with E-state index >= 15 is 0 Å². The van der Waals surface area contributed by atoms with Crippen LogP contribution < -0.4 is 4.74 Å². The predicted molar refractivity (Wildman–Crippen MR) is 129 cm³/mol. The molecule has 0 saturated heterocycles. The normalized spacial score (nSPS) is 11.9. The van der Waals surface area contributed by atoms with Gasteiger partial charge in [-0.15, -0.1) is 0 Å². The highest BCUT2D eigenvalue weighted by atomic mass is 16.5. The summed E-state index contributed by atoms with van der Waals surface area (Å²) in [4.78, 5) is 27.0. The molecule has 0 spiro atoms. The number of hydrogen-bond donors (Lipinski definition) is 2. The first-order chi connectivity index (χ1) is 16.1. The van der Waals surface area contributed by atoms with Crippen molar-refractivity contribution in [1.82, 2.24) is 4.98 Å². The lowest BCUT2D eigenvalue weighted by Crippen LogP contribution is -2.23. The molecule has 0 amide bonds. The molecule has 4 rings (SSSR count). The number of oxazole rings is 1. The van der Waals surface area contributed by atoms with Gasteiger partial charge in [0.05, 0.1) is 12.2 Å². The summed E-state index contributed by atoms with van der Waals surface area (Å²) in [5.74, 6) is -3.17. The highest BCUT2D eigenvalue weighted by Gasteiger charge is 2.25. The minimum absolute atomic E-state index is 0.0196. The van der Waals surface area contributed by atoms with Gasteiger partial charge in [0, 0.05) is 0 Å². The molecular weight excluding hydrogens is 434 g/mol. The zero-order valence-electron chi connectivity index (χ0n) is 19.4. The minimum Gasteiger partial charge on any atom is -0.493 e. The highest BCUT2D eigenvalue weighted by molar-refractivity contribution is 5.93. The lowest BCUT2D eigenvalue weighted by Gasteiger charge is -2.18. The molecule has 0 saturated carbocycles. The fourth-order valence-electron chi connectivity index (χ4n) is 3.84. The van der Waals surface area contributed by atoms with Crippen molar-refractivity contribution in [3.63, 3.8) is 0 Å². The quantitative estimate of drug-likeness (QED) is 0.249. The predicted octanol–water partition coefficient (Wildman–Crippen LogP) is 5.89. The summed E-state index contributed by atoms with van der Waals surface area (Å²) in [6.07, 6.45) is 0.254. The van der Waals surface area contributed by atoms with Gasteiger partial charge in [0.2, 0.25) is 5.89 Å². The van der Waals surface area contributed by atoms with Gasteiger partial charge >= 0.3 is 11.9 Å². The van der Waals surface area contributed by atoms with Gasteiger partial charge in [-0.25, -0.2) is 4.98 Å². The molecule has 1 heterocycles. The molecule has 2 N–H and O–H groups in total. The van der Waals surface area contributed by atoms with Crippen LogP contribution in [0.4, 0.5) is 0 Å². The van der Waals surface area contributed by atoms with Crippen LogP contribution in [0.15, 0.2) is 59.0 Å². The highest BCUT2D eigenvalue weighted by Crippen LogP contribution is 2.36. The van der Waals surface area contributed by atoms with E-state index in [4.69, 9.17) is 24.4 Å². The second kappa shape index (κ2) is 9.17. The fraction of sp³-hybridized carbons (Fsp3) is 0.296. The SMILES string of the molecule is CC(C)(C)c1ccc2oc(-c3cc4ccccc4cc3OCCCC(C(=O)O)C(=O)O)nc2c1. The molecule has 0 unspecified atom stereocenters. The van der Waals surface area contributed by atoms with Crippen LogP contribution >= 0.6 is 0 Å². The largest absolute Gasteiger partial charge is 0.493 e. The Balaban J connectivity index is 1.66. The molecule has 3 aromatic carbocycles. The van der Waals surface area contributed by atoms with Crippen LogP contribution in [0.25, 0.3) is 33.3 Å². The summed E-state index contributed by atoms with van der Waals surface area (Å²) in [7, 11) is 0. The molecule has 34 heavy (non-hydrogen) atoms. The molecule has 0 atom stereocenters. The van der Waals surface area contributed by atoms with Crippen LogP contribution in [0.2, 0.25) is 0 Å². The van der Waals surface area contributed by atoms with Crippen molar-refractivity contribution in [1.29, 1.82) is 0 Å². The van der Waals surface area contributed by atoms with Crippen LogP contribution in [0, 0.1) is 5.92 Å². The van der Waals surface area contributed by atoms with Gasteiger partial charge in [0.1, 0.15) is 11.3 Å². The lowest BCUT2D eigenvalue weighted by atomic mass is 9.87. The average molecular weight is 462 g/mol. The average Bonchev–Trinajstić information content (AvgIpc) is 3.20. The third kappa shape index (κ3) is 4.88. The van der Waals surface area contributed by atoms with Crippen LogP contribution in [0.3, 0.4) is 0 Å². The van der Waals surface area contributed by atoms with Gasteiger partial charge in [0.15, 0.2) is 11.5 Å². The molecule has 0 aliphatic rings. The van der Waals surface area contributed by atoms with E-state index < -0.39 is 17.9 Å². The van der Waals surface area contributed by atoms with Crippen LogP contribution in [0.5, 0.6) is 5.75 Å². The lowest BCUT2D eigenvalue weighted by molar-refractivity contribution is -0.154. The fourth-order valence-corrected chi connectivity index (χ4v) is 3.84. The summed E-state index contributed by atoms with van der Waals surface area (Å²) in [5, 5.41) is 20.1. The van der Waals surface area contributed by atoms with E-state index in [1.165, 1.54) is 0 Å². The van der Waals surface area contributed by atoms with E-state index in [2.05, 4.69) is 20.8 Å². The van der Waals surface area contributed by atoms with Gasteiger partial charge in [-0.1, -0.05) is 51.1 Å². The monoisotopic (exact) mass is 461 g/mol. The van der Waals surface area contributed by atoms with Gasteiger partial charge in [-0.2, -0.15) is 0 Å². The van der Waals surface area contributed by atoms with Crippen molar-refractivity contribution in [3.05, 3.63) is 60.2 Å². The van der Waals surface area contributed by atoms with E-state index in [1.807, 2.05) is 54.6 Å². The number of rotatable bonds is 8. The number of ether oxygens (including phenoxy) is 1. The van der Waals surface area contributed by atoms with Crippen molar-refractivity contribution in [2.75, 3.05) is 6.61 Å². The maximum absolute atomic E-state index is 11.1. The van der Waals surface area contributed by atoms with Crippen LogP contribution in [-0.2, 0) is 15.0 Å². The number of aliphatic carboxylic acids is 2. The van der Waals surface area contributed by atoms with Crippen LogP contribution in [-0.4, -0.2) is 33.7 Å². The van der Waals surface area contributed by atoms with Gasteiger partial charge in [-0.3, -0.25) is 9.59 Å². The van der Waals surface area contributed by atoms with E-state index in [9.17, 15) is 9.59 Å².